The van der Waals surface area contributed by atoms with Crippen LogP contribution in [0.5, 0.6) is 5.75 Å². The summed E-state index contributed by atoms with van der Waals surface area (Å²) in [4.78, 5) is 0. The van der Waals surface area contributed by atoms with Gasteiger partial charge in [0.15, 0.2) is 17.4 Å². The summed E-state index contributed by atoms with van der Waals surface area (Å²) in [5.41, 5.74) is 3.74. The number of hydrogen-bond acceptors (Lipinski definition) is 2. The number of halogens is 2. The fourth-order valence-corrected chi connectivity index (χ4v) is 2.71. The van der Waals surface area contributed by atoms with Gasteiger partial charge >= 0.3 is 0 Å². The molecule has 2 nitrogen and oxygen atoms in total. The first-order chi connectivity index (χ1) is 10.2. The van der Waals surface area contributed by atoms with E-state index < -0.39 is 24.0 Å². The zero-order valence-corrected chi connectivity index (χ0v) is 11.5. The molecule has 1 N–H and O–H groups in total. The maximum Gasteiger partial charge on any atom is 0.191 e. The van der Waals surface area contributed by atoms with Crippen molar-refractivity contribution in [3.05, 3.63) is 64.2 Å². The molecule has 2 aromatic rings. The minimum Gasteiger partial charge on any atom is -0.483 e. The van der Waals surface area contributed by atoms with Gasteiger partial charge < -0.3 is 9.84 Å². The van der Waals surface area contributed by atoms with Gasteiger partial charge in [-0.2, -0.15) is 0 Å². The first-order valence-corrected chi connectivity index (χ1v) is 6.99. The van der Waals surface area contributed by atoms with Crippen molar-refractivity contribution in [2.75, 3.05) is 0 Å². The van der Waals surface area contributed by atoms with Crippen LogP contribution in [0.25, 0.3) is 0 Å². The molecule has 0 amide bonds. The Morgan fingerprint density at radius 3 is 2.38 bits per heavy atom. The van der Waals surface area contributed by atoms with Gasteiger partial charge in [0, 0.05) is 0 Å². The van der Waals surface area contributed by atoms with Gasteiger partial charge in [-0.1, -0.05) is 18.2 Å². The zero-order valence-electron chi connectivity index (χ0n) is 11.5. The van der Waals surface area contributed by atoms with Crippen LogP contribution in [-0.4, -0.2) is 5.11 Å². The molecule has 21 heavy (non-hydrogen) atoms. The van der Waals surface area contributed by atoms with Crippen molar-refractivity contribution in [3.8, 4) is 5.75 Å². The molecule has 1 aliphatic carbocycles. The molecule has 3 rings (SSSR count). The summed E-state index contributed by atoms with van der Waals surface area (Å²) in [5, 5.41) is 8.90. The van der Waals surface area contributed by atoms with Crippen molar-refractivity contribution in [2.24, 2.45) is 0 Å². The summed E-state index contributed by atoms with van der Waals surface area (Å²) in [6.45, 7) is -0.279. The van der Waals surface area contributed by atoms with Crippen molar-refractivity contribution in [2.45, 2.75) is 32.5 Å². The van der Waals surface area contributed by atoms with Crippen LogP contribution in [0.15, 0.2) is 30.3 Å². The average Bonchev–Trinajstić information content (AvgIpc) is 2.93. The summed E-state index contributed by atoms with van der Waals surface area (Å²) in [5.74, 6) is -1.98. The van der Waals surface area contributed by atoms with Crippen LogP contribution in [0.2, 0.25) is 0 Å². The van der Waals surface area contributed by atoms with Crippen molar-refractivity contribution in [1.29, 1.82) is 0 Å². The highest BCUT2D eigenvalue weighted by atomic mass is 19.1. The quantitative estimate of drug-likeness (QED) is 0.933. The van der Waals surface area contributed by atoms with Crippen molar-refractivity contribution < 1.29 is 18.6 Å². The van der Waals surface area contributed by atoms with Gasteiger partial charge in [0.1, 0.15) is 6.61 Å². The van der Waals surface area contributed by atoms with Gasteiger partial charge in [-0.15, -0.1) is 0 Å². The molecule has 110 valence electrons. The Morgan fingerprint density at radius 1 is 0.952 bits per heavy atom. The normalized spacial score (nSPS) is 13.3. The fraction of sp³-hybridized carbons (Fsp3) is 0.294. The molecule has 0 bridgehead atoms. The molecule has 0 fully saturated rings. The van der Waals surface area contributed by atoms with Gasteiger partial charge in [0.25, 0.3) is 0 Å². The molecular formula is C17H16F2O2. The lowest BCUT2D eigenvalue weighted by Gasteiger charge is -2.10. The molecule has 0 spiro atoms. The molecule has 0 heterocycles. The van der Waals surface area contributed by atoms with Gasteiger partial charge in [0.05, 0.1) is 6.61 Å². The number of aryl methyl sites for hydroxylation is 2. The number of fused-ring (bicyclic) bond motifs is 1. The molecule has 0 aliphatic heterocycles. The molecule has 0 unspecified atom stereocenters. The van der Waals surface area contributed by atoms with E-state index in [0.29, 0.717) is 0 Å². The van der Waals surface area contributed by atoms with Crippen LogP contribution in [0.4, 0.5) is 8.78 Å². The van der Waals surface area contributed by atoms with Crippen LogP contribution >= 0.6 is 0 Å². The molecule has 0 saturated carbocycles. The minimum atomic E-state index is -0.791. The number of aliphatic hydroxyl groups excluding tert-OH is 1. The maximum absolute atomic E-state index is 13.7. The van der Waals surface area contributed by atoms with Gasteiger partial charge in [-0.05, 0) is 53.6 Å². The third-order valence-corrected chi connectivity index (χ3v) is 3.79. The average molecular weight is 290 g/mol. The molecule has 0 saturated heterocycles. The Balaban J connectivity index is 1.76. The summed E-state index contributed by atoms with van der Waals surface area (Å²) in [7, 11) is 0. The maximum atomic E-state index is 13.7. The van der Waals surface area contributed by atoms with E-state index in [0.717, 1.165) is 37.0 Å². The molecule has 4 heteroatoms. The predicted octanol–water partition coefficient (Wildman–Crippen LogP) is 3.52. The van der Waals surface area contributed by atoms with Crippen LogP contribution in [0.3, 0.4) is 0 Å². The lowest BCUT2D eigenvalue weighted by Crippen LogP contribution is -2.02. The molecule has 0 radical (unpaired) electrons. The topological polar surface area (TPSA) is 29.5 Å². The Kier molecular flexibility index (Phi) is 3.88. The minimum absolute atomic E-state index is 0.125. The number of hydrogen-bond donors (Lipinski definition) is 1. The smallest absolute Gasteiger partial charge is 0.191 e. The summed E-state index contributed by atoms with van der Waals surface area (Å²) < 4.78 is 32.8. The van der Waals surface area contributed by atoms with E-state index in [2.05, 4.69) is 6.07 Å². The number of aliphatic hydroxyl groups is 1. The van der Waals surface area contributed by atoms with E-state index in [4.69, 9.17) is 9.84 Å². The van der Waals surface area contributed by atoms with E-state index in [-0.39, 0.29) is 12.2 Å². The van der Waals surface area contributed by atoms with Crippen molar-refractivity contribution in [1.82, 2.24) is 0 Å². The van der Waals surface area contributed by atoms with Gasteiger partial charge in [0.2, 0.25) is 0 Å². The SMILES string of the molecule is OCc1cc(F)c(OCc2ccc3c(c2)CCC3)c(F)c1. The second-order valence-corrected chi connectivity index (χ2v) is 5.29. The first-order valence-electron chi connectivity index (χ1n) is 6.99. The van der Waals surface area contributed by atoms with Gasteiger partial charge in [-0.25, -0.2) is 8.78 Å². The molecule has 1 aliphatic rings. The van der Waals surface area contributed by atoms with E-state index in [9.17, 15) is 8.78 Å². The standard InChI is InChI=1S/C17H16F2O2/c18-15-7-12(9-20)8-16(19)17(15)21-10-11-4-5-13-2-1-3-14(13)6-11/h4-8,20H,1-3,9-10H2. The Hall–Kier alpha value is -1.94. The van der Waals surface area contributed by atoms with E-state index in [1.54, 1.807) is 0 Å². The van der Waals surface area contributed by atoms with E-state index in [1.165, 1.54) is 11.1 Å². The lowest BCUT2D eigenvalue weighted by molar-refractivity contribution is 0.266. The van der Waals surface area contributed by atoms with Crippen LogP contribution < -0.4 is 4.74 Å². The third-order valence-electron chi connectivity index (χ3n) is 3.79. The van der Waals surface area contributed by atoms with Crippen molar-refractivity contribution in [3.63, 3.8) is 0 Å². The first kappa shape index (κ1) is 14.0. The lowest BCUT2D eigenvalue weighted by atomic mass is 10.1. The number of benzene rings is 2. The Morgan fingerprint density at radius 2 is 1.67 bits per heavy atom. The molecular weight excluding hydrogens is 274 g/mol. The largest absolute Gasteiger partial charge is 0.483 e. The fourth-order valence-electron chi connectivity index (χ4n) is 2.71. The summed E-state index contributed by atoms with van der Waals surface area (Å²) >= 11 is 0. The van der Waals surface area contributed by atoms with Crippen LogP contribution in [0, 0.1) is 11.6 Å². The number of ether oxygens (including phenoxy) is 1. The zero-order chi connectivity index (χ0) is 14.8. The van der Waals surface area contributed by atoms with Gasteiger partial charge in [-0.3, -0.25) is 0 Å². The summed E-state index contributed by atoms with van der Waals surface area (Å²) in [6.07, 6.45) is 3.31. The summed E-state index contributed by atoms with van der Waals surface area (Å²) in [6, 6.07) is 8.20. The Labute approximate surface area is 122 Å². The Bertz CT molecular complexity index is 645. The highest BCUT2D eigenvalue weighted by Crippen LogP contribution is 2.26. The van der Waals surface area contributed by atoms with Crippen LogP contribution in [-0.2, 0) is 26.1 Å². The highest BCUT2D eigenvalue weighted by molar-refractivity contribution is 5.36. The molecule has 0 atom stereocenters. The third kappa shape index (κ3) is 2.90. The second-order valence-electron chi connectivity index (χ2n) is 5.29. The number of rotatable bonds is 4. The predicted molar refractivity (Wildman–Crippen MR) is 75.1 cm³/mol. The molecule has 0 aromatic heterocycles. The molecule has 2 aromatic carbocycles. The van der Waals surface area contributed by atoms with Crippen molar-refractivity contribution >= 4 is 0 Å². The van der Waals surface area contributed by atoms with E-state index in [1.807, 2.05) is 12.1 Å². The highest BCUT2D eigenvalue weighted by Gasteiger charge is 2.14. The van der Waals surface area contributed by atoms with Crippen LogP contribution in [0.1, 0.15) is 28.7 Å². The van der Waals surface area contributed by atoms with E-state index >= 15 is 0 Å². The monoisotopic (exact) mass is 290 g/mol. The second kappa shape index (κ2) is 5.82.